The van der Waals surface area contributed by atoms with Crippen LogP contribution in [-0.4, -0.2) is 37.3 Å². The minimum Gasteiger partial charge on any atom is -0.368 e. The Balaban J connectivity index is 1.33. The van der Waals surface area contributed by atoms with Crippen LogP contribution in [0.25, 0.3) is 0 Å². The summed E-state index contributed by atoms with van der Waals surface area (Å²) in [7, 11) is 0. The summed E-state index contributed by atoms with van der Waals surface area (Å²) in [6.07, 6.45) is -1.63. The molecule has 2 aliphatic rings. The highest BCUT2D eigenvalue weighted by molar-refractivity contribution is 5.15. The molecule has 1 unspecified atom stereocenters. The van der Waals surface area contributed by atoms with E-state index in [1.807, 2.05) is 66.7 Å². The second-order valence-corrected chi connectivity index (χ2v) is 8.16. The van der Waals surface area contributed by atoms with Crippen LogP contribution in [0.4, 0.5) is 0 Å². The van der Waals surface area contributed by atoms with Crippen molar-refractivity contribution < 1.29 is 23.7 Å². The molecule has 0 aromatic heterocycles. The molecular formula is C27H28O5. The van der Waals surface area contributed by atoms with Crippen LogP contribution >= 0.6 is 0 Å². The molecule has 2 saturated heterocycles. The van der Waals surface area contributed by atoms with E-state index in [0.717, 1.165) is 16.7 Å². The van der Waals surface area contributed by atoms with Gasteiger partial charge in [-0.15, -0.1) is 0 Å². The number of rotatable bonds is 9. The summed E-state index contributed by atoms with van der Waals surface area (Å²) < 4.78 is 31.2. The van der Waals surface area contributed by atoms with Gasteiger partial charge in [-0.25, -0.2) is 0 Å². The first-order chi connectivity index (χ1) is 15.9. The van der Waals surface area contributed by atoms with Gasteiger partial charge in [-0.3, -0.25) is 0 Å². The van der Waals surface area contributed by atoms with Crippen molar-refractivity contribution >= 4 is 0 Å². The monoisotopic (exact) mass is 432 g/mol. The standard InChI is InChI=1S/C27H28O5/c1-4-10-20(11-5-1)16-28-24-23-19-31-27(32-23)26(30-18-22-14-8-3-9-15-22)25(24)29-17-21-12-6-2-7-13-21/h1-15,23-27H,16-19H2/t23-,24-,25+,26-,27?/m1/s1. The summed E-state index contributed by atoms with van der Waals surface area (Å²) in [5.41, 5.74) is 3.31. The summed E-state index contributed by atoms with van der Waals surface area (Å²) in [6, 6.07) is 30.4. The first-order valence-electron chi connectivity index (χ1n) is 11.1. The van der Waals surface area contributed by atoms with E-state index >= 15 is 0 Å². The van der Waals surface area contributed by atoms with Gasteiger partial charge in [0.05, 0.1) is 26.4 Å². The van der Waals surface area contributed by atoms with Gasteiger partial charge in [0.25, 0.3) is 0 Å². The van der Waals surface area contributed by atoms with E-state index in [9.17, 15) is 0 Å². The fourth-order valence-corrected chi connectivity index (χ4v) is 4.20. The predicted molar refractivity (Wildman–Crippen MR) is 120 cm³/mol. The number of ether oxygens (including phenoxy) is 5. The summed E-state index contributed by atoms with van der Waals surface area (Å²) in [6.45, 7) is 1.88. The zero-order valence-electron chi connectivity index (χ0n) is 17.9. The molecule has 0 aliphatic carbocycles. The molecule has 32 heavy (non-hydrogen) atoms. The molecule has 2 bridgehead atoms. The molecule has 3 aromatic carbocycles. The smallest absolute Gasteiger partial charge is 0.187 e. The van der Waals surface area contributed by atoms with Crippen LogP contribution in [-0.2, 0) is 43.5 Å². The lowest BCUT2D eigenvalue weighted by molar-refractivity contribution is -0.268. The molecule has 166 valence electrons. The second-order valence-electron chi connectivity index (χ2n) is 8.16. The highest BCUT2D eigenvalue weighted by atomic mass is 16.8. The number of hydrogen-bond donors (Lipinski definition) is 0. The number of hydrogen-bond acceptors (Lipinski definition) is 5. The molecule has 3 aromatic rings. The predicted octanol–water partition coefficient (Wildman–Crippen LogP) is 4.50. The normalized spacial score (nSPS) is 26.8. The van der Waals surface area contributed by atoms with E-state index in [0.29, 0.717) is 26.4 Å². The Morgan fingerprint density at radius 3 is 1.50 bits per heavy atom. The molecule has 0 amide bonds. The maximum absolute atomic E-state index is 6.44. The Hall–Kier alpha value is -2.54. The fraction of sp³-hybridized carbons (Fsp3) is 0.333. The molecule has 5 heteroatoms. The number of fused-ring (bicyclic) bond motifs is 2. The van der Waals surface area contributed by atoms with Crippen molar-refractivity contribution in [3.63, 3.8) is 0 Å². The maximum atomic E-state index is 6.44. The third-order valence-electron chi connectivity index (χ3n) is 5.87. The summed E-state index contributed by atoms with van der Waals surface area (Å²) >= 11 is 0. The van der Waals surface area contributed by atoms with Gasteiger partial charge in [-0.1, -0.05) is 91.0 Å². The van der Waals surface area contributed by atoms with Gasteiger partial charge in [-0.2, -0.15) is 0 Å². The van der Waals surface area contributed by atoms with Gasteiger partial charge in [-0.05, 0) is 16.7 Å². The van der Waals surface area contributed by atoms with Gasteiger partial charge in [0, 0.05) is 0 Å². The van der Waals surface area contributed by atoms with Crippen molar-refractivity contribution in [2.75, 3.05) is 6.61 Å². The Labute approximate surface area is 188 Å². The summed E-state index contributed by atoms with van der Waals surface area (Å²) in [4.78, 5) is 0. The Morgan fingerprint density at radius 1 is 0.562 bits per heavy atom. The second kappa shape index (κ2) is 10.4. The molecule has 2 fully saturated rings. The summed E-state index contributed by atoms with van der Waals surface area (Å²) in [5.74, 6) is 0. The quantitative estimate of drug-likeness (QED) is 0.498. The van der Waals surface area contributed by atoms with Crippen LogP contribution in [0.3, 0.4) is 0 Å². The van der Waals surface area contributed by atoms with Crippen molar-refractivity contribution in [3.05, 3.63) is 108 Å². The highest BCUT2D eigenvalue weighted by Gasteiger charge is 2.52. The average molecular weight is 433 g/mol. The Morgan fingerprint density at radius 2 is 1.00 bits per heavy atom. The van der Waals surface area contributed by atoms with Crippen LogP contribution in [0.2, 0.25) is 0 Å². The van der Waals surface area contributed by atoms with Crippen LogP contribution in [0.1, 0.15) is 16.7 Å². The van der Waals surface area contributed by atoms with E-state index in [-0.39, 0.29) is 18.3 Å². The van der Waals surface area contributed by atoms with Gasteiger partial charge in [0.15, 0.2) is 6.29 Å². The van der Waals surface area contributed by atoms with Crippen molar-refractivity contribution in [1.29, 1.82) is 0 Å². The van der Waals surface area contributed by atoms with E-state index in [4.69, 9.17) is 23.7 Å². The molecule has 0 saturated carbocycles. The average Bonchev–Trinajstić information content (AvgIpc) is 3.29. The molecule has 0 spiro atoms. The molecule has 2 aliphatic heterocycles. The molecule has 5 rings (SSSR count). The topological polar surface area (TPSA) is 46.2 Å². The van der Waals surface area contributed by atoms with Gasteiger partial charge < -0.3 is 23.7 Å². The maximum Gasteiger partial charge on any atom is 0.187 e. The van der Waals surface area contributed by atoms with Crippen LogP contribution in [0.5, 0.6) is 0 Å². The molecule has 0 radical (unpaired) electrons. The van der Waals surface area contributed by atoms with Crippen molar-refractivity contribution in [3.8, 4) is 0 Å². The van der Waals surface area contributed by atoms with Gasteiger partial charge in [0.2, 0.25) is 0 Å². The van der Waals surface area contributed by atoms with Gasteiger partial charge in [0.1, 0.15) is 24.4 Å². The Kier molecular flexibility index (Phi) is 6.92. The third kappa shape index (κ3) is 5.09. The zero-order valence-corrected chi connectivity index (χ0v) is 17.9. The van der Waals surface area contributed by atoms with E-state index < -0.39 is 12.4 Å². The highest BCUT2D eigenvalue weighted by Crippen LogP contribution is 2.35. The first-order valence-corrected chi connectivity index (χ1v) is 11.1. The zero-order chi connectivity index (χ0) is 21.6. The van der Waals surface area contributed by atoms with Crippen molar-refractivity contribution in [2.45, 2.75) is 50.5 Å². The minimum absolute atomic E-state index is 0.180. The molecular weight excluding hydrogens is 404 g/mol. The third-order valence-corrected chi connectivity index (χ3v) is 5.87. The fourth-order valence-electron chi connectivity index (χ4n) is 4.20. The van der Waals surface area contributed by atoms with Crippen LogP contribution in [0.15, 0.2) is 91.0 Å². The SMILES string of the molecule is c1ccc(CO[C@H]2[C@H](OCc3ccccc3)[C@@H](OCc3ccccc3)C3OC[C@H]2O3)cc1. The van der Waals surface area contributed by atoms with Crippen molar-refractivity contribution in [2.24, 2.45) is 0 Å². The van der Waals surface area contributed by atoms with E-state index in [2.05, 4.69) is 24.3 Å². The van der Waals surface area contributed by atoms with Crippen LogP contribution in [0, 0.1) is 0 Å². The number of benzene rings is 3. The largest absolute Gasteiger partial charge is 0.368 e. The first kappa shape index (κ1) is 21.3. The minimum atomic E-state index is -0.457. The summed E-state index contributed by atoms with van der Waals surface area (Å²) in [5, 5.41) is 0. The molecule has 0 N–H and O–H groups in total. The molecule has 2 heterocycles. The van der Waals surface area contributed by atoms with E-state index in [1.54, 1.807) is 0 Å². The van der Waals surface area contributed by atoms with Crippen LogP contribution < -0.4 is 0 Å². The Bertz CT molecular complexity index is 892. The molecule has 5 atom stereocenters. The van der Waals surface area contributed by atoms with Crippen molar-refractivity contribution in [1.82, 2.24) is 0 Å². The lowest BCUT2D eigenvalue weighted by atomic mass is 10.00. The molecule has 5 nitrogen and oxygen atoms in total. The lowest BCUT2D eigenvalue weighted by Gasteiger charge is -2.40. The lowest BCUT2D eigenvalue weighted by Crippen LogP contribution is -2.56. The van der Waals surface area contributed by atoms with E-state index in [1.165, 1.54) is 0 Å². The van der Waals surface area contributed by atoms with Gasteiger partial charge >= 0.3 is 0 Å².